The van der Waals surface area contributed by atoms with Crippen LogP contribution in [-0.4, -0.2) is 72.9 Å². The van der Waals surface area contributed by atoms with Gasteiger partial charge in [0.15, 0.2) is 17.6 Å². The first kappa shape index (κ1) is 35.1. The molecule has 49 heavy (non-hydrogen) atoms. The van der Waals surface area contributed by atoms with Crippen LogP contribution in [0.4, 0.5) is 0 Å². The van der Waals surface area contributed by atoms with E-state index in [1.807, 2.05) is 12.1 Å². The quantitative estimate of drug-likeness (QED) is 0.307. The highest BCUT2D eigenvalue weighted by atomic mass is 16.7. The highest BCUT2D eigenvalue weighted by molar-refractivity contribution is 5.89. The molecule has 0 spiro atoms. The number of carbonyl (C=O) groups is 4. The first-order valence-electron chi connectivity index (χ1n) is 15.5. The average molecular weight is 679 g/mol. The smallest absolute Gasteiger partial charge is 0.303 e. The van der Waals surface area contributed by atoms with E-state index in [1.54, 1.807) is 0 Å². The van der Waals surface area contributed by atoms with Gasteiger partial charge in [0, 0.05) is 34.1 Å². The molecule has 0 aromatic heterocycles. The van der Waals surface area contributed by atoms with Gasteiger partial charge >= 0.3 is 23.9 Å². The summed E-state index contributed by atoms with van der Waals surface area (Å²) in [6.07, 6.45) is -6.07. The van der Waals surface area contributed by atoms with E-state index in [2.05, 4.69) is 6.07 Å². The van der Waals surface area contributed by atoms with Crippen molar-refractivity contribution in [2.75, 3.05) is 6.61 Å². The molecule has 16 heteroatoms. The minimum Gasteiger partial charge on any atom is -0.463 e. The van der Waals surface area contributed by atoms with E-state index in [0.717, 1.165) is 34.1 Å². The van der Waals surface area contributed by atoms with Crippen molar-refractivity contribution in [2.24, 2.45) is 16.7 Å². The van der Waals surface area contributed by atoms with Gasteiger partial charge in [-0.15, -0.1) is 0 Å². The van der Waals surface area contributed by atoms with Gasteiger partial charge in [0.25, 0.3) is 0 Å². The lowest BCUT2D eigenvalue weighted by Gasteiger charge is -2.51. The Balaban J connectivity index is 1.49. The summed E-state index contributed by atoms with van der Waals surface area (Å²) in [6.45, 7) is 4.02. The Morgan fingerprint density at radius 1 is 0.857 bits per heavy atom. The number of rotatable bonds is 8. The summed E-state index contributed by atoms with van der Waals surface area (Å²) in [5.74, 6) is -5.46. The Morgan fingerprint density at radius 3 is 2.04 bits per heavy atom. The van der Waals surface area contributed by atoms with Gasteiger partial charge in [0.2, 0.25) is 29.5 Å². The molecular formula is C33H34N4O12. The van der Waals surface area contributed by atoms with E-state index < -0.39 is 95.7 Å². The number of esters is 4. The zero-order valence-corrected chi connectivity index (χ0v) is 27.1. The Bertz CT molecular complexity index is 1650. The summed E-state index contributed by atoms with van der Waals surface area (Å²) >= 11 is 0. The van der Waals surface area contributed by atoms with Crippen molar-refractivity contribution >= 4 is 29.8 Å². The van der Waals surface area contributed by atoms with E-state index in [1.165, 1.54) is 24.3 Å². The monoisotopic (exact) mass is 678 g/mol. The molecule has 1 aliphatic carbocycles. The maximum atomic E-state index is 12.2. The van der Waals surface area contributed by atoms with Crippen LogP contribution in [0, 0.1) is 56.2 Å². The zero-order valence-electron chi connectivity index (χ0n) is 27.1. The molecule has 3 heterocycles. The number of ether oxygens (including phenoxy) is 8. The highest BCUT2D eigenvalue weighted by Crippen LogP contribution is 2.69. The third-order valence-electron chi connectivity index (χ3n) is 9.20. The average Bonchev–Trinajstić information content (AvgIpc) is 3.26. The summed E-state index contributed by atoms with van der Waals surface area (Å²) < 4.78 is 45.8. The predicted molar refractivity (Wildman–Crippen MR) is 158 cm³/mol. The number of carbonyl (C=O) groups excluding carboxylic acids is 4. The van der Waals surface area contributed by atoms with Crippen LogP contribution in [-0.2, 0) is 52.3 Å². The zero-order chi connectivity index (χ0) is 35.7. The van der Waals surface area contributed by atoms with Crippen molar-refractivity contribution in [3.05, 3.63) is 29.8 Å². The second kappa shape index (κ2) is 13.3. The fraction of sp³-hybridized carbons (Fsp3) is 0.576. The van der Waals surface area contributed by atoms with Crippen LogP contribution in [0.3, 0.4) is 0 Å². The fourth-order valence-electron chi connectivity index (χ4n) is 7.30. The van der Waals surface area contributed by atoms with Crippen LogP contribution in [0.15, 0.2) is 24.3 Å². The third kappa shape index (κ3) is 5.90. The van der Waals surface area contributed by atoms with Crippen molar-refractivity contribution in [3.8, 4) is 24.0 Å². The van der Waals surface area contributed by atoms with Crippen molar-refractivity contribution in [1.82, 2.24) is 0 Å². The van der Waals surface area contributed by atoms with Crippen molar-refractivity contribution < 1.29 is 57.1 Å². The molecule has 0 amide bonds. The minimum atomic E-state index is -2.14. The fourth-order valence-corrected chi connectivity index (χ4v) is 7.30. The first-order chi connectivity index (χ1) is 23.3. The minimum absolute atomic E-state index is 0.107. The molecule has 1 saturated carbocycles. The van der Waals surface area contributed by atoms with Crippen LogP contribution in [0.1, 0.15) is 65.0 Å². The van der Waals surface area contributed by atoms with Crippen LogP contribution < -0.4 is 4.74 Å². The molecule has 9 atom stereocenters. The number of hydrogen-bond acceptors (Lipinski definition) is 16. The standard InChI is InChI=1S/C33H34N4O12/c1-17(38)42-13-23-25(43-18(2)39)26(44-19(3)40)27(45-20(4)41)29(47-23)46-22-10-8-21(9-11-22)28-31(14-34,15-35)32(16-36)24-7-5-6-12-33(24,48-28)49-30(32)37/h8-11,23-29,37H,5-7,12-13H2,1-4H3/t23-,24?,25-,26+,27-,28?,29-,32?,33?/m1/s1. The lowest BCUT2D eigenvalue weighted by Crippen LogP contribution is -2.63. The third-order valence-corrected chi connectivity index (χ3v) is 9.20. The van der Waals surface area contributed by atoms with Gasteiger partial charge in [-0.05, 0) is 30.5 Å². The Kier molecular flexibility index (Phi) is 9.55. The maximum Gasteiger partial charge on any atom is 0.303 e. The van der Waals surface area contributed by atoms with Crippen LogP contribution >= 0.6 is 0 Å². The SMILES string of the molecule is CC(=O)OC[C@H]1O[C@@H](Oc2ccc(C3OC45CCCCC4C(C#N)(C(=N)O5)C3(C#N)C#N)cc2)[C@H](OC(C)=O)[C@@H](OC(C)=O)[C@@H]1OC(C)=O. The molecule has 5 rings (SSSR count). The van der Waals surface area contributed by atoms with Crippen molar-refractivity contribution in [3.63, 3.8) is 0 Å². The van der Waals surface area contributed by atoms with Gasteiger partial charge in [-0.25, -0.2) is 0 Å². The molecule has 3 saturated heterocycles. The molecule has 3 aliphatic heterocycles. The molecule has 0 radical (unpaired) electrons. The summed E-state index contributed by atoms with van der Waals surface area (Å²) in [5.41, 5.74) is -3.69. The Morgan fingerprint density at radius 2 is 1.47 bits per heavy atom. The second-order valence-electron chi connectivity index (χ2n) is 12.2. The Hall–Kier alpha value is -5.24. The molecule has 258 valence electrons. The second-order valence-corrected chi connectivity index (χ2v) is 12.2. The van der Waals surface area contributed by atoms with Gasteiger partial charge in [-0.3, -0.25) is 24.6 Å². The molecule has 4 aliphatic rings. The molecule has 4 unspecified atom stereocenters. The van der Waals surface area contributed by atoms with Crippen LogP contribution in [0.2, 0.25) is 0 Å². The molecule has 2 bridgehead atoms. The maximum absolute atomic E-state index is 12.2. The lowest BCUT2D eigenvalue weighted by atomic mass is 9.51. The lowest BCUT2D eigenvalue weighted by molar-refractivity contribution is -0.294. The largest absolute Gasteiger partial charge is 0.463 e. The van der Waals surface area contributed by atoms with E-state index in [-0.39, 0.29) is 5.75 Å². The summed E-state index contributed by atoms with van der Waals surface area (Å²) in [7, 11) is 0. The van der Waals surface area contributed by atoms with E-state index in [9.17, 15) is 35.0 Å². The number of benzene rings is 1. The van der Waals surface area contributed by atoms with Gasteiger partial charge in [-0.2, -0.15) is 15.8 Å². The number of hydrogen-bond donors (Lipinski definition) is 1. The predicted octanol–water partition coefficient (Wildman–Crippen LogP) is 2.66. The molecular weight excluding hydrogens is 644 g/mol. The summed E-state index contributed by atoms with van der Waals surface area (Å²) in [5, 5.41) is 40.2. The molecule has 16 nitrogen and oxygen atoms in total. The van der Waals surface area contributed by atoms with Gasteiger partial charge in [-0.1, -0.05) is 18.6 Å². The van der Waals surface area contributed by atoms with Gasteiger partial charge < -0.3 is 37.9 Å². The number of nitriles is 3. The van der Waals surface area contributed by atoms with Crippen molar-refractivity contribution in [1.29, 1.82) is 21.2 Å². The number of nitrogens with one attached hydrogen (secondary N) is 1. The molecule has 1 aromatic carbocycles. The van der Waals surface area contributed by atoms with E-state index in [4.69, 9.17) is 43.3 Å². The van der Waals surface area contributed by atoms with Crippen LogP contribution in [0.25, 0.3) is 0 Å². The molecule has 1 N–H and O–H groups in total. The molecule has 1 aromatic rings. The number of nitrogens with zero attached hydrogens (tertiary/aromatic N) is 3. The van der Waals surface area contributed by atoms with Crippen molar-refractivity contribution in [2.45, 2.75) is 96.0 Å². The van der Waals surface area contributed by atoms with E-state index >= 15 is 0 Å². The summed E-state index contributed by atoms with van der Waals surface area (Å²) in [4.78, 5) is 47.9. The van der Waals surface area contributed by atoms with E-state index in [0.29, 0.717) is 24.8 Å². The highest BCUT2D eigenvalue weighted by Gasteiger charge is 2.80. The Labute approximate surface area is 281 Å². The van der Waals surface area contributed by atoms with Gasteiger partial charge in [0.1, 0.15) is 24.6 Å². The molecule has 4 fully saturated rings. The van der Waals surface area contributed by atoms with Gasteiger partial charge in [0.05, 0.1) is 24.1 Å². The summed E-state index contributed by atoms with van der Waals surface area (Å²) in [6, 6.07) is 12.1. The normalized spacial score (nSPS) is 33.9. The first-order valence-corrected chi connectivity index (χ1v) is 15.5. The topological polar surface area (TPSA) is 237 Å². The van der Waals surface area contributed by atoms with Crippen LogP contribution in [0.5, 0.6) is 5.75 Å².